The Labute approximate surface area is 175 Å². The van der Waals surface area contributed by atoms with Crippen molar-refractivity contribution in [2.45, 2.75) is 45.4 Å². The van der Waals surface area contributed by atoms with E-state index in [-0.39, 0.29) is 16.1 Å². The fraction of sp³-hybridized carbons (Fsp3) is 0.280. The largest absolute Gasteiger partial charge is 0.379 e. The van der Waals surface area contributed by atoms with Crippen molar-refractivity contribution >= 4 is 16.2 Å². The summed E-state index contributed by atoms with van der Waals surface area (Å²) in [5, 5.41) is 0. The highest BCUT2D eigenvalue weighted by atomic mass is 32.2. The number of aryl methyl sites for hydroxylation is 1. The van der Waals surface area contributed by atoms with Crippen LogP contribution in [-0.4, -0.2) is 8.42 Å². The van der Waals surface area contributed by atoms with Crippen LogP contribution in [0.4, 0.5) is 0 Å². The van der Waals surface area contributed by atoms with Crippen molar-refractivity contribution < 1.29 is 12.6 Å². The van der Waals surface area contributed by atoms with Gasteiger partial charge < -0.3 is 4.18 Å². The Balaban J connectivity index is 2.07. The molecule has 0 saturated heterocycles. The lowest BCUT2D eigenvalue weighted by atomic mass is 9.84. The molecule has 0 N–H and O–H groups in total. The highest BCUT2D eigenvalue weighted by molar-refractivity contribution is 7.87. The summed E-state index contributed by atoms with van der Waals surface area (Å²) in [6.07, 6.45) is 10.3. The first-order chi connectivity index (χ1) is 13.6. The van der Waals surface area contributed by atoms with Crippen LogP contribution >= 0.6 is 0 Å². The van der Waals surface area contributed by atoms with Gasteiger partial charge in [-0.25, -0.2) is 0 Å². The van der Waals surface area contributed by atoms with Crippen LogP contribution in [0.3, 0.4) is 0 Å². The highest BCUT2D eigenvalue weighted by Gasteiger charge is 2.17. The van der Waals surface area contributed by atoms with Crippen LogP contribution in [0.25, 0.3) is 6.08 Å². The van der Waals surface area contributed by atoms with Crippen molar-refractivity contribution in [2.24, 2.45) is 5.41 Å². The summed E-state index contributed by atoms with van der Waals surface area (Å²) in [4.78, 5) is 0.144. The first-order valence-electron chi connectivity index (χ1n) is 9.71. The van der Waals surface area contributed by atoms with E-state index in [1.807, 2.05) is 31.2 Å². The number of rotatable bonds is 9. The van der Waals surface area contributed by atoms with Crippen LogP contribution in [0.5, 0.6) is 5.75 Å². The van der Waals surface area contributed by atoms with Crippen LogP contribution in [-0.2, 0) is 10.1 Å². The molecule has 0 amide bonds. The zero-order valence-corrected chi connectivity index (χ0v) is 18.5. The molecule has 0 aliphatic carbocycles. The SMILES string of the molecule is C=C[C@@](C)(/C=C/c1ccc(OS(=O)(=O)c2ccc(C)cc2)cc1)CCC=C(C)C. The van der Waals surface area contributed by atoms with E-state index >= 15 is 0 Å². The molecule has 0 heterocycles. The molecule has 3 nitrogen and oxygen atoms in total. The maximum atomic E-state index is 12.4. The van der Waals surface area contributed by atoms with Crippen molar-refractivity contribution in [3.05, 3.63) is 90.0 Å². The van der Waals surface area contributed by atoms with Gasteiger partial charge in [-0.1, -0.05) is 66.6 Å². The number of benzene rings is 2. The third kappa shape index (κ3) is 7.06. The number of allylic oxidation sites excluding steroid dienone is 4. The van der Waals surface area contributed by atoms with Crippen molar-refractivity contribution in [1.29, 1.82) is 0 Å². The average Bonchev–Trinajstić information content (AvgIpc) is 2.67. The number of hydrogen-bond acceptors (Lipinski definition) is 3. The first-order valence-corrected chi connectivity index (χ1v) is 11.1. The lowest BCUT2D eigenvalue weighted by Crippen LogP contribution is -2.09. The minimum atomic E-state index is -3.84. The van der Waals surface area contributed by atoms with Gasteiger partial charge in [-0.3, -0.25) is 0 Å². The van der Waals surface area contributed by atoms with Crippen LogP contribution in [0.2, 0.25) is 0 Å². The summed E-state index contributed by atoms with van der Waals surface area (Å²) in [6.45, 7) is 12.2. The van der Waals surface area contributed by atoms with E-state index in [9.17, 15) is 8.42 Å². The topological polar surface area (TPSA) is 43.4 Å². The van der Waals surface area contributed by atoms with Gasteiger partial charge in [-0.05, 0) is 63.4 Å². The van der Waals surface area contributed by atoms with Crippen LogP contribution in [0.1, 0.15) is 44.7 Å². The molecule has 2 aromatic carbocycles. The van der Waals surface area contributed by atoms with Crippen LogP contribution in [0.15, 0.2) is 83.8 Å². The Hall–Kier alpha value is -2.59. The standard InChI is InChI=1S/C25H30O3S/c1-6-25(5,18-7-8-20(2)3)19-17-22-11-13-23(14-12-22)28-29(26,27)24-15-9-21(4)10-16-24/h6,8-17,19H,1,7,18H2,2-5H3/b19-17+/t25-/m1/s1. The molecule has 29 heavy (non-hydrogen) atoms. The molecule has 2 aromatic rings. The molecule has 0 aromatic heterocycles. The molecule has 0 unspecified atom stereocenters. The molecular formula is C25H30O3S. The monoisotopic (exact) mass is 410 g/mol. The predicted octanol–water partition coefficient (Wildman–Crippen LogP) is 6.71. The minimum absolute atomic E-state index is 0.101. The molecule has 0 fully saturated rings. The Morgan fingerprint density at radius 2 is 1.69 bits per heavy atom. The molecule has 0 aliphatic heterocycles. The van der Waals surface area contributed by atoms with Gasteiger partial charge in [0.2, 0.25) is 0 Å². The second kappa shape index (κ2) is 9.75. The highest BCUT2D eigenvalue weighted by Crippen LogP contribution is 2.28. The van der Waals surface area contributed by atoms with Gasteiger partial charge in [-0.2, -0.15) is 8.42 Å². The zero-order valence-electron chi connectivity index (χ0n) is 17.7. The maximum absolute atomic E-state index is 12.4. The molecule has 154 valence electrons. The third-order valence-corrected chi connectivity index (χ3v) is 6.02. The van der Waals surface area contributed by atoms with Crippen molar-refractivity contribution in [1.82, 2.24) is 0 Å². The Bertz CT molecular complexity index is 977. The smallest absolute Gasteiger partial charge is 0.339 e. The zero-order chi connectivity index (χ0) is 21.5. The van der Waals surface area contributed by atoms with E-state index in [4.69, 9.17) is 4.18 Å². The Kier molecular flexibility index (Phi) is 7.63. The van der Waals surface area contributed by atoms with Gasteiger partial charge in [0, 0.05) is 5.41 Å². The van der Waals surface area contributed by atoms with E-state index in [1.165, 1.54) is 5.57 Å². The lowest BCUT2D eigenvalue weighted by Gasteiger charge is -2.20. The normalized spacial score (nSPS) is 13.7. The fourth-order valence-electron chi connectivity index (χ4n) is 2.73. The van der Waals surface area contributed by atoms with Crippen molar-refractivity contribution in [2.75, 3.05) is 0 Å². The molecule has 0 saturated carbocycles. The minimum Gasteiger partial charge on any atom is -0.379 e. The van der Waals surface area contributed by atoms with Crippen LogP contribution < -0.4 is 4.18 Å². The van der Waals surface area contributed by atoms with Gasteiger partial charge in [0.1, 0.15) is 10.6 Å². The van der Waals surface area contributed by atoms with Crippen molar-refractivity contribution in [3.8, 4) is 5.75 Å². The van der Waals surface area contributed by atoms with E-state index in [2.05, 4.69) is 39.5 Å². The molecule has 0 aliphatic rings. The first kappa shape index (κ1) is 22.7. The van der Waals surface area contributed by atoms with Crippen molar-refractivity contribution in [3.63, 3.8) is 0 Å². The second-order valence-corrected chi connectivity index (χ2v) is 9.33. The van der Waals surface area contributed by atoms with E-state index in [0.717, 1.165) is 24.0 Å². The summed E-state index contributed by atoms with van der Waals surface area (Å²) < 4.78 is 30.0. The Morgan fingerprint density at radius 3 is 2.24 bits per heavy atom. The van der Waals surface area contributed by atoms with E-state index < -0.39 is 10.1 Å². The van der Waals surface area contributed by atoms with Crippen LogP contribution in [0, 0.1) is 12.3 Å². The molecule has 0 radical (unpaired) electrons. The molecule has 0 bridgehead atoms. The molecule has 0 spiro atoms. The molecule has 4 heteroatoms. The van der Waals surface area contributed by atoms with E-state index in [1.54, 1.807) is 36.4 Å². The van der Waals surface area contributed by atoms with Gasteiger partial charge >= 0.3 is 10.1 Å². The second-order valence-electron chi connectivity index (χ2n) is 7.78. The third-order valence-electron chi connectivity index (χ3n) is 4.75. The van der Waals surface area contributed by atoms with E-state index in [0.29, 0.717) is 0 Å². The van der Waals surface area contributed by atoms with Gasteiger partial charge in [-0.15, -0.1) is 6.58 Å². The van der Waals surface area contributed by atoms with Gasteiger partial charge in [0.25, 0.3) is 0 Å². The summed E-state index contributed by atoms with van der Waals surface area (Å²) in [5.41, 5.74) is 3.18. The number of hydrogen-bond donors (Lipinski definition) is 0. The van der Waals surface area contributed by atoms with Gasteiger partial charge in [0.15, 0.2) is 0 Å². The summed E-state index contributed by atoms with van der Waals surface area (Å²) in [5.74, 6) is 0.290. The molecule has 2 rings (SSSR count). The predicted molar refractivity (Wildman–Crippen MR) is 121 cm³/mol. The fourth-order valence-corrected chi connectivity index (χ4v) is 3.66. The lowest BCUT2D eigenvalue weighted by molar-refractivity contribution is 0.486. The Morgan fingerprint density at radius 1 is 1.07 bits per heavy atom. The summed E-state index contributed by atoms with van der Waals surface area (Å²) in [6, 6.07) is 13.6. The molecule has 1 atom stereocenters. The maximum Gasteiger partial charge on any atom is 0.339 e. The van der Waals surface area contributed by atoms with Gasteiger partial charge in [0.05, 0.1) is 0 Å². The molecular weight excluding hydrogens is 380 g/mol. The summed E-state index contributed by atoms with van der Waals surface area (Å²) in [7, 11) is -3.84. The summed E-state index contributed by atoms with van der Waals surface area (Å²) >= 11 is 0. The quantitative estimate of drug-likeness (QED) is 0.341. The average molecular weight is 411 g/mol.